The highest BCUT2D eigenvalue weighted by Gasteiger charge is 2.25. The molecule has 0 amide bonds. The fourth-order valence-electron chi connectivity index (χ4n) is 1.66. The van der Waals surface area contributed by atoms with E-state index in [1.165, 1.54) is 17.5 Å². The average Bonchev–Trinajstić information content (AvgIpc) is 2.84. The lowest BCUT2D eigenvalue weighted by molar-refractivity contribution is -0.144. The van der Waals surface area contributed by atoms with Crippen LogP contribution >= 0.6 is 22.9 Å². The minimum Gasteiger partial charge on any atom is -0.464 e. The van der Waals surface area contributed by atoms with Crippen molar-refractivity contribution in [3.63, 3.8) is 0 Å². The van der Waals surface area contributed by atoms with E-state index in [1.54, 1.807) is 6.92 Å². The number of thiazole rings is 1. The Balaban J connectivity index is 2.22. The number of aromatic nitrogens is 1. The fourth-order valence-corrected chi connectivity index (χ4v) is 2.63. The van der Waals surface area contributed by atoms with Crippen LogP contribution in [0.15, 0.2) is 30.5 Å². The highest BCUT2D eigenvalue weighted by atomic mass is 35.5. The largest absolute Gasteiger partial charge is 0.464 e. The van der Waals surface area contributed by atoms with Crippen molar-refractivity contribution in [2.24, 2.45) is 0 Å². The van der Waals surface area contributed by atoms with Crippen LogP contribution in [0.4, 0.5) is 5.69 Å². The quantitative estimate of drug-likeness (QED) is 0.853. The molecule has 0 aliphatic carbocycles. The molecule has 1 N–H and O–H groups in total. The van der Waals surface area contributed by atoms with Crippen molar-refractivity contribution >= 4 is 34.6 Å². The van der Waals surface area contributed by atoms with Gasteiger partial charge in [-0.15, -0.1) is 11.3 Å². The Hall–Kier alpha value is -1.59. The number of nitrogens with one attached hydrogen (secondary N) is 1. The molecule has 0 aliphatic rings. The molecule has 1 heterocycles. The predicted molar refractivity (Wildman–Crippen MR) is 81.3 cm³/mol. The van der Waals surface area contributed by atoms with E-state index in [0.29, 0.717) is 16.0 Å². The molecule has 1 aromatic heterocycles. The summed E-state index contributed by atoms with van der Waals surface area (Å²) in [5.41, 5.74) is 1.99. The van der Waals surface area contributed by atoms with Crippen molar-refractivity contribution in [3.8, 4) is 0 Å². The van der Waals surface area contributed by atoms with Gasteiger partial charge in [0.15, 0.2) is 6.04 Å². The molecule has 0 saturated carbocycles. The van der Waals surface area contributed by atoms with Crippen LogP contribution in [-0.4, -0.2) is 17.6 Å². The smallest absolute Gasteiger partial charge is 0.335 e. The van der Waals surface area contributed by atoms with E-state index >= 15 is 0 Å². The van der Waals surface area contributed by atoms with E-state index in [0.717, 1.165) is 11.3 Å². The summed E-state index contributed by atoms with van der Waals surface area (Å²) < 4.78 is 5.63. The standard InChI is InChI=1S/C14H15ClN2O2S/c1-3-19-14(18)12(13-16-8-11(15)20-13)17-10-6-4-9(2)5-7-10/h4-8,12,17H,3H2,1-2H3. The Bertz CT molecular complexity index is 583. The Morgan fingerprint density at radius 2 is 2.15 bits per heavy atom. The molecule has 1 atom stereocenters. The van der Waals surface area contributed by atoms with Crippen molar-refractivity contribution in [1.29, 1.82) is 0 Å². The number of anilines is 1. The maximum Gasteiger partial charge on any atom is 0.335 e. The molecule has 0 fully saturated rings. The molecule has 6 heteroatoms. The number of hydrogen-bond acceptors (Lipinski definition) is 5. The van der Waals surface area contributed by atoms with Crippen LogP contribution < -0.4 is 5.32 Å². The second-order valence-corrected chi connectivity index (χ2v) is 5.89. The molecule has 1 unspecified atom stereocenters. The number of carbonyl (C=O) groups excluding carboxylic acids is 1. The van der Waals surface area contributed by atoms with Crippen LogP contribution in [0, 0.1) is 6.92 Å². The van der Waals surface area contributed by atoms with Gasteiger partial charge in [0.25, 0.3) is 0 Å². The SMILES string of the molecule is CCOC(=O)C(Nc1ccc(C)cc1)c1ncc(Cl)s1. The maximum atomic E-state index is 12.1. The van der Waals surface area contributed by atoms with Gasteiger partial charge in [-0.3, -0.25) is 0 Å². The summed E-state index contributed by atoms with van der Waals surface area (Å²) >= 11 is 7.15. The van der Waals surface area contributed by atoms with Crippen LogP contribution in [-0.2, 0) is 9.53 Å². The fraction of sp³-hybridized carbons (Fsp3) is 0.286. The van der Waals surface area contributed by atoms with Gasteiger partial charge in [-0.1, -0.05) is 29.3 Å². The van der Waals surface area contributed by atoms with Gasteiger partial charge in [0.1, 0.15) is 9.34 Å². The third kappa shape index (κ3) is 3.71. The molecular formula is C14H15ClN2O2S. The summed E-state index contributed by atoms with van der Waals surface area (Å²) in [6.45, 7) is 4.10. The van der Waals surface area contributed by atoms with Crippen LogP contribution in [0.1, 0.15) is 23.5 Å². The monoisotopic (exact) mass is 310 g/mol. The summed E-state index contributed by atoms with van der Waals surface area (Å²) in [6.07, 6.45) is 1.53. The third-order valence-corrected chi connectivity index (χ3v) is 3.81. The van der Waals surface area contributed by atoms with E-state index in [2.05, 4.69) is 10.3 Å². The summed E-state index contributed by atoms with van der Waals surface area (Å²) in [5.74, 6) is -0.362. The highest BCUT2D eigenvalue weighted by Crippen LogP contribution is 2.27. The number of rotatable bonds is 5. The topological polar surface area (TPSA) is 51.2 Å². The van der Waals surface area contributed by atoms with E-state index in [1.807, 2.05) is 31.2 Å². The maximum absolute atomic E-state index is 12.1. The van der Waals surface area contributed by atoms with Crippen LogP contribution in [0.5, 0.6) is 0 Å². The number of ether oxygens (including phenoxy) is 1. The minimum absolute atomic E-state index is 0.323. The van der Waals surface area contributed by atoms with Gasteiger partial charge >= 0.3 is 5.97 Å². The number of carbonyl (C=O) groups is 1. The van der Waals surface area contributed by atoms with E-state index in [4.69, 9.17) is 16.3 Å². The zero-order valence-corrected chi connectivity index (χ0v) is 12.8. The van der Waals surface area contributed by atoms with Gasteiger partial charge in [-0.25, -0.2) is 9.78 Å². The molecule has 106 valence electrons. The zero-order chi connectivity index (χ0) is 14.5. The normalized spacial score (nSPS) is 11.9. The Kier molecular flexibility index (Phi) is 4.98. The molecule has 20 heavy (non-hydrogen) atoms. The molecule has 0 radical (unpaired) electrons. The minimum atomic E-state index is -0.643. The second-order valence-electron chi connectivity index (χ2n) is 4.20. The van der Waals surface area contributed by atoms with Crippen molar-refractivity contribution in [2.45, 2.75) is 19.9 Å². The van der Waals surface area contributed by atoms with Gasteiger partial charge in [0.2, 0.25) is 0 Å². The molecule has 0 spiro atoms. The molecule has 0 aliphatic heterocycles. The summed E-state index contributed by atoms with van der Waals surface area (Å²) in [4.78, 5) is 16.2. The van der Waals surface area contributed by atoms with Crippen LogP contribution in [0.2, 0.25) is 4.34 Å². The number of halogens is 1. The first-order chi connectivity index (χ1) is 9.60. The van der Waals surface area contributed by atoms with Gasteiger partial charge in [0.05, 0.1) is 12.8 Å². The van der Waals surface area contributed by atoms with E-state index < -0.39 is 6.04 Å². The molecule has 0 saturated heterocycles. The molecular weight excluding hydrogens is 296 g/mol. The Morgan fingerprint density at radius 3 is 2.70 bits per heavy atom. The van der Waals surface area contributed by atoms with Crippen LogP contribution in [0.25, 0.3) is 0 Å². The van der Waals surface area contributed by atoms with Gasteiger partial charge < -0.3 is 10.1 Å². The second kappa shape index (κ2) is 6.72. The number of hydrogen-bond donors (Lipinski definition) is 1. The van der Waals surface area contributed by atoms with E-state index in [-0.39, 0.29) is 5.97 Å². The number of nitrogens with zero attached hydrogens (tertiary/aromatic N) is 1. The lowest BCUT2D eigenvalue weighted by atomic mass is 10.2. The first kappa shape index (κ1) is 14.8. The molecule has 4 nitrogen and oxygen atoms in total. The molecule has 0 bridgehead atoms. The molecule has 2 aromatic rings. The lowest BCUT2D eigenvalue weighted by Gasteiger charge is -2.16. The van der Waals surface area contributed by atoms with Crippen LogP contribution in [0.3, 0.4) is 0 Å². The number of esters is 1. The zero-order valence-electron chi connectivity index (χ0n) is 11.2. The summed E-state index contributed by atoms with van der Waals surface area (Å²) in [6, 6.07) is 7.13. The van der Waals surface area contributed by atoms with Gasteiger partial charge in [0, 0.05) is 5.69 Å². The Labute approximate surface area is 126 Å². The summed E-state index contributed by atoms with van der Waals surface area (Å²) in [7, 11) is 0. The van der Waals surface area contributed by atoms with Crippen molar-refractivity contribution < 1.29 is 9.53 Å². The van der Waals surface area contributed by atoms with Crippen molar-refractivity contribution in [2.75, 3.05) is 11.9 Å². The number of aryl methyl sites for hydroxylation is 1. The van der Waals surface area contributed by atoms with E-state index in [9.17, 15) is 4.79 Å². The Morgan fingerprint density at radius 1 is 1.45 bits per heavy atom. The van der Waals surface area contributed by atoms with Crippen molar-refractivity contribution in [1.82, 2.24) is 4.98 Å². The van der Waals surface area contributed by atoms with Gasteiger partial charge in [-0.2, -0.15) is 0 Å². The first-order valence-corrected chi connectivity index (χ1v) is 7.40. The first-order valence-electron chi connectivity index (χ1n) is 6.21. The summed E-state index contributed by atoms with van der Waals surface area (Å²) in [5, 5.41) is 3.73. The lowest BCUT2D eigenvalue weighted by Crippen LogP contribution is -2.23. The average molecular weight is 311 g/mol. The molecule has 2 rings (SSSR count). The molecule has 1 aromatic carbocycles. The van der Waals surface area contributed by atoms with Gasteiger partial charge in [-0.05, 0) is 26.0 Å². The third-order valence-electron chi connectivity index (χ3n) is 2.63. The number of benzene rings is 1. The van der Waals surface area contributed by atoms with Crippen molar-refractivity contribution in [3.05, 3.63) is 45.4 Å². The predicted octanol–water partition coefficient (Wildman–Crippen LogP) is 3.82. The highest BCUT2D eigenvalue weighted by molar-refractivity contribution is 7.16.